The molecule has 0 bridgehead atoms. The number of halogens is 1. The molecule has 1 aromatic heterocycles. The Bertz CT molecular complexity index is 643. The Morgan fingerprint density at radius 3 is 3.14 bits per heavy atom. The smallest absolute Gasteiger partial charge is 0.165 e. The first-order chi connectivity index (χ1) is 10.7. The molecule has 6 heteroatoms. The number of hydrogen-bond acceptors (Lipinski definition) is 4. The number of nitrogens with zero attached hydrogens (tertiary/aromatic N) is 2. The third-order valence-electron chi connectivity index (χ3n) is 4.11. The zero-order valence-electron chi connectivity index (χ0n) is 12.8. The lowest BCUT2D eigenvalue weighted by atomic mass is 10.1. The van der Waals surface area contributed by atoms with E-state index >= 15 is 0 Å². The van der Waals surface area contributed by atoms with Crippen LogP contribution in [-0.4, -0.2) is 30.0 Å². The number of methoxy groups -OCH3 is 1. The van der Waals surface area contributed by atoms with Crippen LogP contribution in [0.25, 0.3) is 0 Å². The van der Waals surface area contributed by atoms with E-state index in [0.29, 0.717) is 5.92 Å². The van der Waals surface area contributed by atoms with E-state index in [9.17, 15) is 4.39 Å². The molecule has 3 rings (SSSR count). The van der Waals surface area contributed by atoms with Gasteiger partial charge in [0.15, 0.2) is 11.6 Å². The number of aromatic nitrogens is 2. The Balaban J connectivity index is 1.56. The summed E-state index contributed by atoms with van der Waals surface area (Å²) in [4.78, 5) is 0. The number of anilines is 1. The van der Waals surface area contributed by atoms with Crippen molar-refractivity contribution in [2.75, 3.05) is 25.5 Å². The van der Waals surface area contributed by atoms with Crippen LogP contribution < -0.4 is 15.4 Å². The first-order valence-corrected chi connectivity index (χ1v) is 7.50. The molecular formula is C16H21FN4O. The molecule has 1 aliphatic heterocycles. The SMILES string of the molecule is COc1ccc(C(C)NCC2CNc3ccnn3C2)cc1F. The minimum Gasteiger partial charge on any atom is -0.494 e. The summed E-state index contributed by atoms with van der Waals surface area (Å²) in [6, 6.07) is 7.15. The van der Waals surface area contributed by atoms with E-state index in [1.165, 1.54) is 13.2 Å². The van der Waals surface area contributed by atoms with Gasteiger partial charge >= 0.3 is 0 Å². The quantitative estimate of drug-likeness (QED) is 0.891. The Labute approximate surface area is 129 Å². The van der Waals surface area contributed by atoms with Crippen LogP contribution in [0.3, 0.4) is 0 Å². The van der Waals surface area contributed by atoms with Gasteiger partial charge in [0.25, 0.3) is 0 Å². The summed E-state index contributed by atoms with van der Waals surface area (Å²) in [7, 11) is 1.47. The molecule has 22 heavy (non-hydrogen) atoms. The molecule has 0 saturated carbocycles. The fourth-order valence-corrected chi connectivity index (χ4v) is 2.74. The van der Waals surface area contributed by atoms with Crippen LogP contribution in [0.5, 0.6) is 5.75 Å². The van der Waals surface area contributed by atoms with Crippen LogP contribution in [0.4, 0.5) is 10.2 Å². The molecule has 118 valence electrons. The molecule has 5 nitrogen and oxygen atoms in total. The zero-order valence-corrected chi connectivity index (χ0v) is 12.8. The maximum absolute atomic E-state index is 13.8. The van der Waals surface area contributed by atoms with Crippen molar-refractivity contribution in [2.24, 2.45) is 5.92 Å². The zero-order chi connectivity index (χ0) is 15.5. The van der Waals surface area contributed by atoms with E-state index in [1.807, 2.05) is 23.7 Å². The summed E-state index contributed by atoms with van der Waals surface area (Å²) < 4.78 is 20.7. The van der Waals surface area contributed by atoms with Crippen molar-refractivity contribution in [1.82, 2.24) is 15.1 Å². The lowest BCUT2D eigenvalue weighted by molar-refractivity contribution is 0.373. The lowest BCUT2D eigenvalue weighted by Gasteiger charge is -2.26. The largest absolute Gasteiger partial charge is 0.494 e. The monoisotopic (exact) mass is 304 g/mol. The van der Waals surface area contributed by atoms with E-state index in [1.54, 1.807) is 12.3 Å². The van der Waals surface area contributed by atoms with Crippen molar-refractivity contribution >= 4 is 5.82 Å². The highest BCUT2D eigenvalue weighted by Crippen LogP contribution is 2.22. The van der Waals surface area contributed by atoms with Crippen molar-refractivity contribution in [2.45, 2.75) is 19.5 Å². The molecule has 2 heterocycles. The number of rotatable bonds is 5. The van der Waals surface area contributed by atoms with E-state index in [-0.39, 0.29) is 17.6 Å². The molecule has 0 aliphatic carbocycles. The molecule has 2 atom stereocenters. The number of benzene rings is 1. The average molecular weight is 304 g/mol. The number of fused-ring (bicyclic) bond motifs is 1. The Morgan fingerprint density at radius 2 is 2.36 bits per heavy atom. The highest BCUT2D eigenvalue weighted by molar-refractivity contribution is 5.35. The fourth-order valence-electron chi connectivity index (χ4n) is 2.74. The van der Waals surface area contributed by atoms with Crippen LogP contribution in [0.1, 0.15) is 18.5 Å². The summed E-state index contributed by atoms with van der Waals surface area (Å²) in [6.45, 7) is 4.70. The molecule has 0 saturated heterocycles. The predicted octanol–water partition coefficient (Wildman–Crippen LogP) is 2.42. The molecule has 2 aromatic rings. The normalized spacial score (nSPS) is 18.4. The second kappa shape index (κ2) is 6.36. The molecule has 2 N–H and O–H groups in total. The van der Waals surface area contributed by atoms with Gasteiger partial charge in [0, 0.05) is 37.7 Å². The predicted molar refractivity (Wildman–Crippen MR) is 83.6 cm³/mol. The number of hydrogen-bond donors (Lipinski definition) is 2. The van der Waals surface area contributed by atoms with Gasteiger partial charge in [-0.2, -0.15) is 5.10 Å². The van der Waals surface area contributed by atoms with Crippen molar-refractivity contribution in [3.05, 3.63) is 41.8 Å². The Hall–Kier alpha value is -2.08. The first-order valence-electron chi connectivity index (χ1n) is 7.50. The van der Waals surface area contributed by atoms with E-state index < -0.39 is 0 Å². The second-order valence-electron chi connectivity index (χ2n) is 5.67. The Kier molecular flexibility index (Phi) is 4.29. The van der Waals surface area contributed by atoms with Crippen LogP contribution in [0.2, 0.25) is 0 Å². The lowest BCUT2D eigenvalue weighted by Crippen LogP contribution is -2.36. The molecule has 2 unspecified atom stereocenters. The standard InChI is InChI=1S/C16H21FN4O/c1-11(13-3-4-15(22-2)14(17)7-13)18-8-12-9-19-16-5-6-20-21(16)10-12/h3-7,11-12,18-19H,8-10H2,1-2H3. The summed E-state index contributed by atoms with van der Waals surface area (Å²) in [5.41, 5.74) is 0.918. The van der Waals surface area contributed by atoms with Crippen LogP contribution >= 0.6 is 0 Å². The molecular weight excluding hydrogens is 283 g/mol. The van der Waals surface area contributed by atoms with E-state index in [0.717, 1.165) is 31.0 Å². The van der Waals surface area contributed by atoms with Gasteiger partial charge in [-0.25, -0.2) is 9.07 Å². The van der Waals surface area contributed by atoms with Crippen LogP contribution in [-0.2, 0) is 6.54 Å². The van der Waals surface area contributed by atoms with Gasteiger partial charge in [0.1, 0.15) is 5.82 Å². The van der Waals surface area contributed by atoms with Crippen molar-refractivity contribution in [1.29, 1.82) is 0 Å². The summed E-state index contributed by atoms with van der Waals surface area (Å²) in [6.07, 6.45) is 1.81. The average Bonchev–Trinajstić information content (AvgIpc) is 3.00. The molecule has 0 spiro atoms. The summed E-state index contributed by atoms with van der Waals surface area (Å²) >= 11 is 0. The minimum absolute atomic E-state index is 0.0828. The van der Waals surface area contributed by atoms with Gasteiger partial charge in [-0.05, 0) is 24.6 Å². The van der Waals surface area contributed by atoms with Crippen molar-refractivity contribution in [3.8, 4) is 5.75 Å². The van der Waals surface area contributed by atoms with Crippen molar-refractivity contribution < 1.29 is 9.13 Å². The summed E-state index contributed by atoms with van der Waals surface area (Å²) in [5, 5.41) is 11.1. The maximum Gasteiger partial charge on any atom is 0.165 e. The second-order valence-corrected chi connectivity index (χ2v) is 5.67. The fraction of sp³-hybridized carbons (Fsp3) is 0.438. The van der Waals surface area contributed by atoms with Gasteiger partial charge in [-0.1, -0.05) is 6.07 Å². The third-order valence-corrected chi connectivity index (χ3v) is 4.11. The molecule has 0 fully saturated rings. The van der Waals surface area contributed by atoms with Gasteiger partial charge in [0.2, 0.25) is 0 Å². The van der Waals surface area contributed by atoms with E-state index in [2.05, 4.69) is 15.7 Å². The van der Waals surface area contributed by atoms with E-state index in [4.69, 9.17) is 4.74 Å². The van der Waals surface area contributed by atoms with Crippen LogP contribution in [0, 0.1) is 11.7 Å². The third kappa shape index (κ3) is 3.06. The van der Waals surface area contributed by atoms with Gasteiger partial charge in [-0.15, -0.1) is 0 Å². The molecule has 1 aliphatic rings. The maximum atomic E-state index is 13.8. The number of ether oxygens (including phenoxy) is 1. The van der Waals surface area contributed by atoms with Crippen LogP contribution in [0.15, 0.2) is 30.5 Å². The highest BCUT2D eigenvalue weighted by atomic mass is 19.1. The molecule has 0 amide bonds. The molecule has 1 aromatic carbocycles. The van der Waals surface area contributed by atoms with Gasteiger partial charge in [-0.3, -0.25) is 0 Å². The summed E-state index contributed by atoms with van der Waals surface area (Å²) in [5.74, 6) is 1.48. The highest BCUT2D eigenvalue weighted by Gasteiger charge is 2.19. The molecule has 0 radical (unpaired) electrons. The minimum atomic E-state index is -0.325. The topological polar surface area (TPSA) is 51.1 Å². The van der Waals surface area contributed by atoms with Crippen molar-refractivity contribution in [3.63, 3.8) is 0 Å². The van der Waals surface area contributed by atoms with Gasteiger partial charge < -0.3 is 15.4 Å². The van der Waals surface area contributed by atoms with Gasteiger partial charge in [0.05, 0.1) is 13.3 Å². The first kappa shape index (κ1) is 14.8. The number of nitrogens with one attached hydrogen (secondary N) is 2. The Morgan fingerprint density at radius 1 is 1.50 bits per heavy atom.